The first-order chi connectivity index (χ1) is 13.1. The van der Waals surface area contributed by atoms with Crippen molar-refractivity contribution in [3.8, 4) is 16.9 Å². The molecule has 0 bridgehead atoms. The second kappa shape index (κ2) is 6.72. The molecule has 0 aromatic heterocycles. The monoisotopic (exact) mass is 355 g/mol. The van der Waals surface area contributed by atoms with E-state index < -0.39 is 5.66 Å². The van der Waals surface area contributed by atoms with Crippen LogP contribution in [0.5, 0.6) is 5.75 Å². The van der Waals surface area contributed by atoms with E-state index in [9.17, 15) is 0 Å². The third-order valence-electron chi connectivity index (χ3n) is 4.85. The Morgan fingerprint density at radius 2 is 1.48 bits per heavy atom. The van der Waals surface area contributed by atoms with Gasteiger partial charge in [0.25, 0.3) is 0 Å². The van der Waals surface area contributed by atoms with E-state index in [1.165, 1.54) is 0 Å². The Morgan fingerprint density at radius 1 is 0.778 bits per heavy atom. The summed E-state index contributed by atoms with van der Waals surface area (Å²) in [4.78, 5) is 9.66. The van der Waals surface area contributed by atoms with E-state index in [1.54, 1.807) is 7.11 Å². The smallest absolute Gasteiger partial charge is 0.204 e. The average Bonchev–Trinajstić information content (AvgIpc) is 3.04. The minimum absolute atomic E-state index is 0.468. The van der Waals surface area contributed by atoms with Crippen molar-refractivity contribution < 1.29 is 4.74 Å². The lowest BCUT2D eigenvalue weighted by Crippen LogP contribution is -2.22. The van der Waals surface area contributed by atoms with Gasteiger partial charge in [0.2, 0.25) is 5.66 Å². The highest BCUT2D eigenvalue weighted by molar-refractivity contribution is 6.41. The van der Waals surface area contributed by atoms with Crippen molar-refractivity contribution in [1.29, 1.82) is 0 Å². The second-order valence-electron chi connectivity index (χ2n) is 6.54. The third kappa shape index (κ3) is 2.99. The summed E-state index contributed by atoms with van der Waals surface area (Å²) in [5.41, 5.74) is 10.2. The molecule has 2 N–H and O–H groups in total. The largest absolute Gasteiger partial charge is 0.497 e. The van der Waals surface area contributed by atoms with Gasteiger partial charge in [0, 0.05) is 11.1 Å². The summed E-state index contributed by atoms with van der Waals surface area (Å²) in [7, 11) is 1.65. The zero-order valence-corrected chi connectivity index (χ0v) is 15.4. The van der Waals surface area contributed by atoms with E-state index in [4.69, 9.17) is 20.5 Å². The summed E-state index contributed by atoms with van der Waals surface area (Å²) >= 11 is 0. The van der Waals surface area contributed by atoms with Crippen LogP contribution in [0.1, 0.15) is 18.1 Å². The molecular weight excluding hydrogens is 334 g/mol. The standard InChI is InChI=1S/C23H21N3O/c1-16-22(24)26-23(25-16,19-11-13-21(27-2)14-12-19)20-10-6-9-18(15-20)17-7-4-3-5-8-17/h3-15H,1-2H3,(H2,24,26). The van der Waals surface area contributed by atoms with Crippen molar-refractivity contribution in [2.45, 2.75) is 12.6 Å². The molecule has 1 aliphatic rings. The molecule has 1 heterocycles. The molecule has 3 aromatic carbocycles. The van der Waals surface area contributed by atoms with E-state index in [-0.39, 0.29) is 0 Å². The van der Waals surface area contributed by atoms with Crippen LogP contribution in [0.2, 0.25) is 0 Å². The highest BCUT2D eigenvalue weighted by Gasteiger charge is 2.38. The lowest BCUT2D eigenvalue weighted by molar-refractivity contribution is 0.414. The van der Waals surface area contributed by atoms with Crippen LogP contribution < -0.4 is 10.5 Å². The van der Waals surface area contributed by atoms with Crippen molar-refractivity contribution in [2.75, 3.05) is 7.11 Å². The van der Waals surface area contributed by atoms with Crippen LogP contribution in [0.3, 0.4) is 0 Å². The van der Waals surface area contributed by atoms with Crippen LogP contribution in [-0.2, 0) is 5.66 Å². The van der Waals surface area contributed by atoms with E-state index in [2.05, 4.69) is 30.3 Å². The van der Waals surface area contributed by atoms with Gasteiger partial charge >= 0.3 is 0 Å². The van der Waals surface area contributed by atoms with Crippen LogP contribution in [0.4, 0.5) is 0 Å². The Balaban J connectivity index is 1.88. The molecule has 134 valence electrons. The van der Waals surface area contributed by atoms with Gasteiger partial charge in [-0.2, -0.15) is 0 Å². The number of methoxy groups -OCH3 is 1. The number of hydrogen-bond donors (Lipinski definition) is 1. The molecule has 4 rings (SSSR count). The Morgan fingerprint density at radius 3 is 2.11 bits per heavy atom. The van der Waals surface area contributed by atoms with Gasteiger partial charge in [-0.25, -0.2) is 9.98 Å². The molecular formula is C23H21N3O. The average molecular weight is 355 g/mol. The predicted molar refractivity (Wildman–Crippen MR) is 110 cm³/mol. The predicted octanol–water partition coefficient (Wildman–Crippen LogP) is 4.40. The van der Waals surface area contributed by atoms with Gasteiger partial charge in [0.05, 0.1) is 12.8 Å². The second-order valence-corrected chi connectivity index (χ2v) is 6.54. The summed E-state index contributed by atoms with van der Waals surface area (Å²) in [5.74, 6) is 1.26. The topological polar surface area (TPSA) is 60.0 Å². The fourth-order valence-electron chi connectivity index (χ4n) is 3.37. The van der Waals surface area contributed by atoms with Gasteiger partial charge in [-0.05, 0) is 36.2 Å². The quantitative estimate of drug-likeness (QED) is 0.754. The Bertz CT molecular complexity index is 1000. The van der Waals surface area contributed by atoms with Gasteiger partial charge in [0.1, 0.15) is 11.6 Å². The van der Waals surface area contributed by atoms with Crippen molar-refractivity contribution in [2.24, 2.45) is 15.7 Å². The molecule has 0 radical (unpaired) electrons. The molecule has 4 nitrogen and oxygen atoms in total. The number of nitrogens with two attached hydrogens (primary N) is 1. The van der Waals surface area contributed by atoms with E-state index in [0.717, 1.165) is 33.7 Å². The molecule has 1 aliphatic heterocycles. The fraction of sp³-hybridized carbons (Fsp3) is 0.130. The van der Waals surface area contributed by atoms with Crippen LogP contribution in [0.15, 0.2) is 88.8 Å². The lowest BCUT2D eigenvalue weighted by atomic mass is 9.90. The number of aliphatic imine (C=N–C) groups is 2. The lowest BCUT2D eigenvalue weighted by Gasteiger charge is -2.25. The zero-order chi connectivity index (χ0) is 18.9. The highest BCUT2D eigenvalue weighted by Crippen LogP contribution is 2.40. The Kier molecular flexibility index (Phi) is 4.24. The summed E-state index contributed by atoms with van der Waals surface area (Å²) < 4.78 is 5.29. The number of benzene rings is 3. The first-order valence-electron chi connectivity index (χ1n) is 8.85. The first-order valence-corrected chi connectivity index (χ1v) is 8.85. The number of ether oxygens (including phenoxy) is 1. The number of hydrogen-bond acceptors (Lipinski definition) is 4. The molecule has 0 fully saturated rings. The van der Waals surface area contributed by atoms with Gasteiger partial charge < -0.3 is 10.5 Å². The first kappa shape index (κ1) is 17.0. The normalized spacial score (nSPS) is 18.7. The van der Waals surface area contributed by atoms with E-state index in [0.29, 0.717) is 5.84 Å². The van der Waals surface area contributed by atoms with Crippen LogP contribution >= 0.6 is 0 Å². The highest BCUT2D eigenvalue weighted by atomic mass is 16.5. The van der Waals surface area contributed by atoms with Crippen molar-refractivity contribution in [3.63, 3.8) is 0 Å². The number of rotatable bonds is 4. The molecule has 27 heavy (non-hydrogen) atoms. The summed E-state index contributed by atoms with van der Waals surface area (Å²) in [6.45, 7) is 1.89. The SMILES string of the molecule is COc1ccc(C2(c3cccc(-c4ccccc4)c3)N=C(C)C(N)=N2)cc1. The summed E-state index contributed by atoms with van der Waals surface area (Å²) in [6, 6.07) is 26.4. The maximum absolute atomic E-state index is 6.13. The van der Waals surface area contributed by atoms with E-state index in [1.807, 2.05) is 55.5 Å². The van der Waals surface area contributed by atoms with Crippen LogP contribution in [-0.4, -0.2) is 18.7 Å². The minimum atomic E-state index is -0.870. The molecule has 1 atom stereocenters. The number of amidine groups is 1. The van der Waals surface area contributed by atoms with Gasteiger partial charge in [-0.3, -0.25) is 0 Å². The molecule has 0 saturated carbocycles. The van der Waals surface area contributed by atoms with Gasteiger partial charge in [-0.15, -0.1) is 0 Å². The van der Waals surface area contributed by atoms with Crippen LogP contribution in [0, 0.1) is 0 Å². The molecule has 3 aromatic rings. The summed E-state index contributed by atoms with van der Waals surface area (Å²) in [6.07, 6.45) is 0. The molecule has 0 saturated heterocycles. The summed E-state index contributed by atoms with van der Waals surface area (Å²) in [5, 5.41) is 0. The maximum atomic E-state index is 6.13. The van der Waals surface area contributed by atoms with Gasteiger partial charge in [-0.1, -0.05) is 60.7 Å². The Labute approximate surface area is 159 Å². The van der Waals surface area contributed by atoms with E-state index >= 15 is 0 Å². The molecule has 0 aliphatic carbocycles. The Hall–Kier alpha value is -3.40. The minimum Gasteiger partial charge on any atom is -0.497 e. The fourth-order valence-corrected chi connectivity index (χ4v) is 3.37. The molecule has 1 unspecified atom stereocenters. The molecule has 0 spiro atoms. The van der Waals surface area contributed by atoms with Crippen molar-refractivity contribution in [1.82, 2.24) is 0 Å². The van der Waals surface area contributed by atoms with Crippen molar-refractivity contribution >= 4 is 11.5 Å². The van der Waals surface area contributed by atoms with Gasteiger partial charge in [0.15, 0.2) is 0 Å². The molecule has 4 heteroatoms. The maximum Gasteiger partial charge on any atom is 0.204 e. The molecule has 0 amide bonds. The van der Waals surface area contributed by atoms with Crippen molar-refractivity contribution in [3.05, 3.63) is 90.0 Å². The number of nitrogens with zero attached hydrogens (tertiary/aromatic N) is 2. The zero-order valence-electron chi connectivity index (χ0n) is 15.4. The third-order valence-corrected chi connectivity index (χ3v) is 4.85. The van der Waals surface area contributed by atoms with Crippen LogP contribution in [0.25, 0.3) is 11.1 Å².